The van der Waals surface area contributed by atoms with Crippen molar-refractivity contribution in [2.45, 2.75) is 6.92 Å². The normalized spacial score (nSPS) is 9.79. The smallest absolute Gasteiger partial charge is 0.175 e. The van der Waals surface area contributed by atoms with Crippen LogP contribution in [0.5, 0.6) is 5.75 Å². The Balaban J connectivity index is 2.01. The molecule has 0 fully saturated rings. The highest BCUT2D eigenvalue weighted by Gasteiger charge is 2.00. The second-order valence-corrected chi connectivity index (χ2v) is 4.59. The third kappa shape index (κ3) is 3.96. The van der Waals surface area contributed by atoms with Crippen LogP contribution in [0.3, 0.4) is 0 Å². The summed E-state index contributed by atoms with van der Waals surface area (Å²) < 4.78 is 5.17. The molecule has 19 heavy (non-hydrogen) atoms. The lowest BCUT2D eigenvalue weighted by Gasteiger charge is -2.11. The molecule has 0 aliphatic carbocycles. The number of hydrogen-bond acceptors (Lipinski definition) is 2. The molecule has 98 valence electrons. The fraction of sp³-hybridized carbons (Fsp3) is 0.133. The summed E-state index contributed by atoms with van der Waals surface area (Å²) in [4.78, 5) is 0. The zero-order valence-corrected chi connectivity index (χ0v) is 11.8. The lowest BCUT2D eigenvalue weighted by molar-refractivity contribution is 0.415. The second kappa shape index (κ2) is 6.20. The second-order valence-electron chi connectivity index (χ2n) is 4.18. The van der Waals surface area contributed by atoms with Gasteiger partial charge in [-0.1, -0.05) is 18.2 Å². The fourth-order valence-electron chi connectivity index (χ4n) is 1.72. The Bertz CT molecular complexity index is 584. The number of benzene rings is 2. The summed E-state index contributed by atoms with van der Waals surface area (Å²) in [5.41, 5.74) is 3.05. The van der Waals surface area contributed by atoms with Gasteiger partial charge in [-0.15, -0.1) is 0 Å². The first-order chi connectivity index (χ1) is 9.17. The van der Waals surface area contributed by atoms with Gasteiger partial charge in [0.05, 0.1) is 7.11 Å². The van der Waals surface area contributed by atoms with E-state index in [-0.39, 0.29) is 0 Å². The molecule has 4 heteroatoms. The molecular weight excluding hydrogens is 256 g/mol. The van der Waals surface area contributed by atoms with Crippen molar-refractivity contribution in [3.63, 3.8) is 0 Å². The van der Waals surface area contributed by atoms with Crippen molar-refractivity contribution < 1.29 is 4.74 Å². The lowest BCUT2D eigenvalue weighted by atomic mass is 10.2. The van der Waals surface area contributed by atoms with Gasteiger partial charge in [-0.3, -0.25) is 0 Å². The molecule has 0 atom stereocenters. The summed E-state index contributed by atoms with van der Waals surface area (Å²) >= 11 is 5.28. The van der Waals surface area contributed by atoms with E-state index in [1.807, 2.05) is 55.5 Å². The molecule has 0 radical (unpaired) electrons. The molecular formula is C15H16N2OS. The van der Waals surface area contributed by atoms with Crippen LogP contribution in [-0.2, 0) is 0 Å². The number of rotatable bonds is 3. The average molecular weight is 272 g/mol. The summed E-state index contributed by atoms with van der Waals surface area (Å²) in [6.45, 7) is 2.05. The molecule has 0 amide bonds. The maximum absolute atomic E-state index is 5.28. The van der Waals surface area contributed by atoms with Crippen LogP contribution >= 0.6 is 12.2 Å². The zero-order chi connectivity index (χ0) is 13.7. The van der Waals surface area contributed by atoms with Crippen molar-refractivity contribution >= 4 is 28.7 Å². The first-order valence-electron chi connectivity index (χ1n) is 5.96. The van der Waals surface area contributed by atoms with Gasteiger partial charge in [0.1, 0.15) is 5.75 Å². The SMILES string of the molecule is COc1cccc(NC(=S)Nc2cccc(C)c2)c1. The number of ether oxygens (including phenoxy) is 1. The van der Waals surface area contributed by atoms with Crippen molar-refractivity contribution in [3.8, 4) is 5.75 Å². The van der Waals surface area contributed by atoms with Crippen LogP contribution in [0.15, 0.2) is 48.5 Å². The highest BCUT2D eigenvalue weighted by Crippen LogP contribution is 2.17. The van der Waals surface area contributed by atoms with E-state index in [9.17, 15) is 0 Å². The van der Waals surface area contributed by atoms with Gasteiger partial charge in [0.25, 0.3) is 0 Å². The Hall–Kier alpha value is -2.07. The standard InChI is InChI=1S/C15H16N2OS/c1-11-5-3-6-12(9-11)16-15(19)17-13-7-4-8-14(10-13)18-2/h3-10H,1-2H3,(H2,16,17,19). The molecule has 2 N–H and O–H groups in total. The zero-order valence-electron chi connectivity index (χ0n) is 10.9. The van der Waals surface area contributed by atoms with Crippen molar-refractivity contribution in [1.29, 1.82) is 0 Å². The monoisotopic (exact) mass is 272 g/mol. The molecule has 2 rings (SSSR count). The molecule has 0 aliphatic heterocycles. The Morgan fingerprint density at radius 2 is 1.63 bits per heavy atom. The summed E-state index contributed by atoms with van der Waals surface area (Å²) in [6.07, 6.45) is 0. The van der Waals surface area contributed by atoms with Gasteiger partial charge in [0, 0.05) is 17.4 Å². The Morgan fingerprint density at radius 1 is 1.00 bits per heavy atom. The minimum atomic E-state index is 0.554. The maximum atomic E-state index is 5.28. The van der Waals surface area contributed by atoms with Gasteiger partial charge in [-0.2, -0.15) is 0 Å². The van der Waals surface area contributed by atoms with Crippen LogP contribution in [0.25, 0.3) is 0 Å². The van der Waals surface area contributed by atoms with Gasteiger partial charge in [-0.25, -0.2) is 0 Å². The van der Waals surface area contributed by atoms with Crippen molar-refractivity contribution in [2.75, 3.05) is 17.7 Å². The van der Waals surface area contributed by atoms with Crippen LogP contribution in [-0.4, -0.2) is 12.2 Å². The Labute approximate surface area is 118 Å². The van der Waals surface area contributed by atoms with E-state index < -0.39 is 0 Å². The van der Waals surface area contributed by atoms with Crippen LogP contribution in [0.1, 0.15) is 5.56 Å². The van der Waals surface area contributed by atoms with E-state index in [4.69, 9.17) is 17.0 Å². The van der Waals surface area contributed by atoms with Gasteiger partial charge in [0.15, 0.2) is 5.11 Å². The van der Waals surface area contributed by atoms with Gasteiger partial charge < -0.3 is 15.4 Å². The number of aryl methyl sites for hydroxylation is 1. The van der Waals surface area contributed by atoms with Gasteiger partial charge in [-0.05, 0) is 49.0 Å². The van der Waals surface area contributed by atoms with Crippen LogP contribution in [0, 0.1) is 6.92 Å². The number of hydrogen-bond donors (Lipinski definition) is 2. The number of nitrogens with one attached hydrogen (secondary N) is 2. The summed E-state index contributed by atoms with van der Waals surface area (Å²) in [7, 11) is 1.64. The predicted molar refractivity (Wildman–Crippen MR) is 84.0 cm³/mol. The highest BCUT2D eigenvalue weighted by atomic mass is 32.1. The summed E-state index contributed by atoms with van der Waals surface area (Å²) in [6, 6.07) is 15.7. The Kier molecular flexibility index (Phi) is 4.36. The molecule has 0 saturated heterocycles. The first kappa shape index (κ1) is 13.4. The van der Waals surface area contributed by atoms with Crippen LogP contribution < -0.4 is 15.4 Å². The third-order valence-corrected chi connectivity index (χ3v) is 2.81. The average Bonchev–Trinajstić information content (AvgIpc) is 2.38. The number of thiocarbonyl (C=S) groups is 1. The first-order valence-corrected chi connectivity index (χ1v) is 6.37. The molecule has 0 spiro atoms. The van der Waals surface area contributed by atoms with Crippen molar-refractivity contribution in [1.82, 2.24) is 0 Å². The van der Waals surface area contributed by atoms with E-state index in [0.717, 1.165) is 17.1 Å². The highest BCUT2D eigenvalue weighted by molar-refractivity contribution is 7.80. The topological polar surface area (TPSA) is 33.3 Å². The van der Waals surface area contributed by atoms with Crippen molar-refractivity contribution in [2.24, 2.45) is 0 Å². The minimum absolute atomic E-state index is 0.554. The van der Waals surface area contributed by atoms with Crippen LogP contribution in [0.2, 0.25) is 0 Å². The fourth-order valence-corrected chi connectivity index (χ4v) is 1.95. The van der Waals surface area contributed by atoms with E-state index in [2.05, 4.69) is 10.6 Å². The number of anilines is 2. The quantitative estimate of drug-likeness (QED) is 0.832. The largest absolute Gasteiger partial charge is 0.497 e. The van der Waals surface area contributed by atoms with Crippen molar-refractivity contribution in [3.05, 3.63) is 54.1 Å². The van der Waals surface area contributed by atoms with Gasteiger partial charge >= 0.3 is 0 Å². The van der Waals surface area contributed by atoms with E-state index >= 15 is 0 Å². The molecule has 2 aromatic carbocycles. The molecule has 0 aromatic heterocycles. The summed E-state index contributed by atoms with van der Waals surface area (Å²) in [5.74, 6) is 0.795. The minimum Gasteiger partial charge on any atom is -0.497 e. The third-order valence-electron chi connectivity index (χ3n) is 2.60. The van der Waals surface area contributed by atoms with E-state index in [0.29, 0.717) is 5.11 Å². The summed E-state index contributed by atoms with van der Waals surface area (Å²) in [5, 5.41) is 6.83. The predicted octanol–water partition coefficient (Wildman–Crippen LogP) is 3.81. The van der Waals surface area contributed by atoms with Crippen LogP contribution in [0.4, 0.5) is 11.4 Å². The molecule has 0 bridgehead atoms. The molecule has 0 aliphatic rings. The molecule has 0 heterocycles. The lowest BCUT2D eigenvalue weighted by Crippen LogP contribution is -2.19. The number of methoxy groups -OCH3 is 1. The van der Waals surface area contributed by atoms with E-state index in [1.54, 1.807) is 7.11 Å². The molecule has 3 nitrogen and oxygen atoms in total. The maximum Gasteiger partial charge on any atom is 0.175 e. The van der Waals surface area contributed by atoms with E-state index in [1.165, 1.54) is 5.56 Å². The van der Waals surface area contributed by atoms with Gasteiger partial charge in [0.2, 0.25) is 0 Å². The Morgan fingerprint density at radius 3 is 2.26 bits per heavy atom. The molecule has 0 unspecified atom stereocenters. The molecule has 2 aromatic rings. The molecule has 0 saturated carbocycles.